The first kappa shape index (κ1) is 11.0. The Kier molecular flexibility index (Phi) is 2.40. The van der Waals surface area contributed by atoms with Crippen LogP contribution in [0.25, 0.3) is 0 Å². The molecule has 2 heterocycles. The van der Waals surface area contributed by atoms with Crippen LogP contribution in [-0.4, -0.2) is 16.9 Å². The number of hydrogen-bond donors (Lipinski definition) is 0. The Labute approximate surface area is 101 Å². The van der Waals surface area contributed by atoms with Gasteiger partial charge in [-0.05, 0) is 37.8 Å². The average Bonchev–Trinajstić information content (AvgIpc) is 2.30. The zero-order valence-electron chi connectivity index (χ0n) is 10.3. The standard InChI is InChI=1S/C14H18FNO/c1-10-11-8-14(2,9-11)16(13(10)15)17-12-6-4-3-5-7-12/h3-7,10-11,13H,8-9H2,1-2H3. The summed E-state index contributed by atoms with van der Waals surface area (Å²) in [5.74, 6) is 1.32. The maximum absolute atomic E-state index is 14.3. The third kappa shape index (κ3) is 1.64. The lowest BCUT2D eigenvalue weighted by atomic mass is 9.60. The first-order valence-corrected chi connectivity index (χ1v) is 6.27. The molecule has 3 aliphatic rings. The summed E-state index contributed by atoms with van der Waals surface area (Å²) in [6, 6.07) is 9.47. The third-order valence-electron chi connectivity index (χ3n) is 4.28. The van der Waals surface area contributed by atoms with Crippen LogP contribution < -0.4 is 4.84 Å². The molecule has 0 radical (unpaired) electrons. The van der Waals surface area contributed by atoms with E-state index in [4.69, 9.17) is 4.84 Å². The van der Waals surface area contributed by atoms with E-state index in [1.165, 1.54) is 0 Å². The van der Waals surface area contributed by atoms with Crippen LogP contribution >= 0.6 is 0 Å². The van der Waals surface area contributed by atoms with Gasteiger partial charge < -0.3 is 4.84 Å². The summed E-state index contributed by atoms with van der Waals surface area (Å²) >= 11 is 0. The molecule has 3 heteroatoms. The summed E-state index contributed by atoms with van der Waals surface area (Å²) < 4.78 is 14.3. The molecule has 0 aromatic heterocycles. The second-order valence-electron chi connectivity index (χ2n) is 5.63. The van der Waals surface area contributed by atoms with E-state index in [0.29, 0.717) is 11.7 Å². The highest BCUT2D eigenvalue weighted by Gasteiger charge is 2.58. The molecule has 2 bridgehead atoms. The summed E-state index contributed by atoms with van der Waals surface area (Å²) in [6.45, 7) is 4.07. The molecule has 17 heavy (non-hydrogen) atoms. The molecular formula is C14H18FNO. The molecular weight excluding hydrogens is 217 g/mol. The molecule has 2 nitrogen and oxygen atoms in total. The molecule has 2 atom stereocenters. The Morgan fingerprint density at radius 1 is 1.29 bits per heavy atom. The van der Waals surface area contributed by atoms with Gasteiger partial charge in [-0.2, -0.15) is 0 Å². The largest absolute Gasteiger partial charge is 0.403 e. The number of alkyl halides is 1. The van der Waals surface area contributed by atoms with Crippen LogP contribution in [0.15, 0.2) is 30.3 Å². The number of halogens is 1. The van der Waals surface area contributed by atoms with Gasteiger partial charge in [-0.3, -0.25) is 0 Å². The van der Waals surface area contributed by atoms with E-state index in [-0.39, 0.29) is 11.5 Å². The van der Waals surface area contributed by atoms with Crippen molar-refractivity contribution in [3.8, 4) is 5.75 Å². The van der Waals surface area contributed by atoms with Crippen molar-refractivity contribution in [2.24, 2.45) is 11.8 Å². The number of fused-ring (bicyclic) bond motifs is 2. The van der Waals surface area contributed by atoms with Gasteiger partial charge in [0.1, 0.15) is 5.75 Å². The summed E-state index contributed by atoms with van der Waals surface area (Å²) in [4.78, 5) is 5.75. The summed E-state index contributed by atoms with van der Waals surface area (Å²) in [5.41, 5.74) is -0.119. The van der Waals surface area contributed by atoms with E-state index in [1.54, 1.807) is 5.06 Å². The number of hydrogen-bond acceptors (Lipinski definition) is 2. The summed E-state index contributed by atoms with van der Waals surface area (Å²) in [6.07, 6.45) is 1.09. The highest BCUT2D eigenvalue weighted by Crippen LogP contribution is 2.53. The fraction of sp³-hybridized carbons (Fsp3) is 0.571. The van der Waals surface area contributed by atoms with Gasteiger partial charge in [0.25, 0.3) is 0 Å². The van der Waals surface area contributed by atoms with Crippen LogP contribution in [0.1, 0.15) is 26.7 Å². The smallest absolute Gasteiger partial charge is 0.188 e. The van der Waals surface area contributed by atoms with Crippen molar-refractivity contribution in [1.29, 1.82) is 0 Å². The minimum atomic E-state index is -0.993. The van der Waals surface area contributed by atoms with Crippen LogP contribution in [0.4, 0.5) is 4.39 Å². The second-order valence-corrected chi connectivity index (χ2v) is 5.63. The number of para-hydroxylation sites is 1. The van der Waals surface area contributed by atoms with E-state index in [9.17, 15) is 4.39 Å². The number of hydroxylamine groups is 2. The van der Waals surface area contributed by atoms with Crippen molar-refractivity contribution in [3.05, 3.63) is 30.3 Å². The number of rotatable bonds is 2. The molecule has 1 aromatic rings. The zero-order chi connectivity index (χ0) is 12.0. The summed E-state index contributed by atoms with van der Waals surface area (Å²) in [7, 11) is 0. The van der Waals surface area contributed by atoms with E-state index in [2.05, 4.69) is 6.92 Å². The van der Waals surface area contributed by atoms with Gasteiger partial charge >= 0.3 is 0 Å². The van der Waals surface area contributed by atoms with E-state index in [1.807, 2.05) is 37.3 Å². The van der Waals surface area contributed by atoms with Crippen LogP contribution in [0.5, 0.6) is 5.75 Å². The van der Waals surface area contributed by atoms with Gasteiger partial charge in [0.15, 0.2) is 6.30 Å². The van der Waals surface area contributed by atoms with Gasteiger partial charge in [0, 0.05) is 5.92 Å². The monoisotopic (exact) mass is 235 g/mol. The number of nitrogens with zero attached hydrogens (tertiary/aromatic N) is 1. The van der Waals surface area contributed by atoms with Crippen molar-refractivity contribution in [3.63, 3.8) is 0 Å². The molecule has 1 saturated carbocycles. The Bertz CT molecular complexity index is 402. The van der Waals surface area contributed by atoms with Crippen LogP contribution in [-0.2, 0) is 0 Å². The van der Waals surface area contributed by atoms with Gasteiger partial charge in [-0.15, -0.1) is 5.06 Å². The second kappa shape index (κ2) is 3.70. The SMILES string of the molecule is CC1C2CC(C)(C2)N(Oc2ccccc2)C1F. The molecule has 2 unspecified atom stereocenters. The maximum Gasteiger partial charge on any atom is 0.188 e. The van der Waals surface area contributed by atoms with E-state index >= 15 is 0 Å². The maximum atomic E-state index is 14.3. The minimum Gasteiger partial charge on any atom is -0.403 e. The van der Waals surface area contributed by atoms with Crippen molar-refractivity contribution in [2.45, 2.75) is 38.5 Å². The Morgan fingerprint density at radius 2 is 1.94 bits per heavy atom. The van der Waals surface area contributed by atoms with Crippen LogP contribution in [0.2, 0.25) is 0 Å². The van der Waals surface area contributed by atoms with Gasteiger partial charge in [-0.25, -0.2) is 4.39 Å². The molecule has 2 saturated heterocycles. The Hall–Kier alpha value is -1.09. The van der Waals surface area contributed by atoms with Crippen molar-refractivity contribution in [2.75, 3.05) is 0 Å². The quantitative estimate of drug-likeness (QED) is 0.728. The number of piperidine rings is 2. The molecule has 0 spiro atoms. The van der Waals surface area contributed by atoms with Gasteiger partial charge in [0.2, 0.25) is 0 Å². The molecule has 1 aliphatic carbocycles. The topological polar surface area (TPSA) is 12.5 Å². The van der Waals surface area contributed by atoms with Gasteiger partial charge in [0.05, 0.1) is 5.54 Å². The fourth-order valence-electron chi connectivity index (χ4n) is 3.11. The molecule has 0 N–H and O–H groups in total. The van der Waals surface area contributed by atoms with Crippen LogP contribution in [0, 0.1) is 11.8 Å². The number of benzene rings is 1. The lowest BCUT2D eigenvalue weighted by Crippen LogP contribution is -2.67. The Balaban J connectivity index is 1.81. The third-order valence-corrected chi connectivity index (χ3v) is 4.28. The lowest BCUT2D eigenvalue weighted by Gasteiger charge is -2.59. The molecule has 1 aromatic carbocycles. The molecule has 3 fully saturated rings. The molecule has 92 valence electrons. The minimum absolute atomic E-state index is 0.0699. The predicted molar refractivity (Wildman–Crippen MR) is 64.1 cm³/mol. The first-order valence-electron chi connectivity index (χ1n) is 6.27. The van der Waals surface area contributed by atoms with Crippen LogP contribution in [0.3, 0.4) is 0 Å². The van der Waals surface area contributed by atoms with E-state index < -0.39 is 6.30 Å². The molecule has 4 rings (SSSR count). The van der Waals surface area contributed by atoms with Crippen molar-refractivity contribution >= 4 is 0 Å². The Morgan fingerprint density at radius 3 is 2.59 bits per heavy atom. The highest BCUT2D eigenvalue weighted by atomic mass is 19.1. The first-order chi connectivity index (χ1) is 8.10. The van der Waals surface area contributed by atoms with Crippen molar-refractivity contribution in [1.82, 2.24) is 5.06 Å². The van der Waals surface area contributed by atoms with Crippen molar-refractivity contribution < 1.29 is 9.23 Å². The van der Waals surface area contributed by atoms with Gasteiger partial charge in [-0.1, -0.05) is 25.1 Å². The predicted octanol–water partition coefficient (Wildman–Crippen LogP) is 3.40. The highest BCUT2D eigenvalue weighted by molar-refractivity contribution is 5.21. The zero-order valence-corrected chi connectivity index (χ0v) is 10.3. The fourth-order valence-corrected chi connectivity index (χ4v) is 3.11. The normalized spacial score (nSPS) is 40.8. The van der Waals surface area contributed by atoms with E-state index in [0.717, 1.165) is 12.8 Å². The molecule has 2 aliphatic heterocycles. The molecule has 0 amide bonds. The lowest BCUT2D eigenvalue weighted by molar-refractivity contribution is -0.297. The average molecular weight is 235 g/mol. The summed E-state index contributed by atoms with van der Waals surface area (Å²) in [5, 5.41) is 1.58.